The van der Waals surface area contributed by atoms with E-state index in [2.05, 4.69) is 15.7 Å². The number of nitrogens with zero attached hydrogens (tertiary/aromatic N) is 2. The van der Waals surface area contributed by atoms with Crippen molar-refractivity contribution in [1.29, 1.82) is 0 Å². The molecule has 1 aromatic heterocycles. The fourth-order valence-corrected chi connectivity index (χ4v) is 3.68. The highest BCUT2D eigenvalue weighted by atomic mass is 19.2. The average molecular weight is 346 g/mol. The summed E-state index contributed by atoms with van der Waals surface area (Å²) >= 11 is 0. The quantitative estimate of drug-likeness (QED) is 0.892. The molecule has 0 radical (unpaired) electrons. The van der Waals surface area contributed by atoms with Crippen LogP contribution < -0.4 is 10.6 Å². The van der Waals surface area contributed by atoms with Gasteiger partial charge < -0.3 is 10.6 Å². The Kier molecular flexibility index (Phi) is 4.25. The van der Waals surface area contributed by atoms with E-state index in [1.165, 1.54) is 6.07 Å². The molecule has 2 N–H and O–H groups in total. The highest BCUT2D eigenvalue weighted by Crippen LogP contribution is 2.28. The van der Waals surface area contributed by atoms with Gasteiger partial charge in [-0.05, 0) is 50.8 Å². The summed E-state index contributed by atoms with van der Waals surface area (Å²) < 4.78 is 28.3. The second-order valence-electron chi connectivity index (χ2n) is 6.64. The molecule has 1 aliphatic heterocycles. The third-order valence-electron chi connectivity index (χ3n) is 4.96. The Morgan fingerprint density at radius 3 is 2.92 bits per heavy atom. The molecule has 2 heterocycles. The molecule has 0 spiro atoms. The van der Waals surface area contributed by atoms with Crippen LogP contribution in [0.4, 0.5) is 8.78 Å². The van der Waals surface area contributed by atoms with Crippen LogP contribution in [0.3, 0.4) is 0 Å². The van der Waals surface area contributed by atoms with Crippen LogP contribution >= 0.6 is 0 Å². The largest absolute Gasteiger partial charge is 0.349 e. The second-order valence-corrected chi connectivity index (χ2v) is 6.64. The van der Waals surface area contributed by atoms with Gasteiger partial charge in [0.05, 0.1) is 5.69 Å². The number of nitrogens with one attached hydrogen (secondary N) is 2. The zero-order chi connectivity index (χ0) is 17.4. The van der Waals surface area contributed by atoms with Gasteiger partial charge >= 0.3 is 0 Å². The van der Waals surface area contributed by atoms with Crippen molar-refractivity contribution in [2.75, 3.05) is 13.1 Å². The number of amides is 1. The van der Waals surface area contributed by atoms with Crippen LogP contribution in [0.2, 0.25) is 0 Å². The molecule has 1 saturated heterocycles. The smallest absolute Gasteiger partial charge is 0.272 e. The van der Waals surface area contributed by atoms with Crippen LogP contribution in [0.15, 0.2) is 18.2 Å². The average Bonchev–Trinajstić information content (AvgIpc) is 3.32. The lowest BCUT2D eigenvalue weighted by Gasteiger charge is -2.11. The van der Waals surface area contributed by atoms with Crippen molar-refractivity contribution < 1.29 is 13.6 Å². The molecule has 25 heavy (non-hydrogen) atoms. The molecule has 0 bridgehead atoms. The Morgan fingerprint density at radius 2 is 2.16 bits per heavy atom. The third-order valence-corrected chi connectivity index (χ3v) is 4.96. The van der Waals surface area contributed by atoms with Gasteiger partial charge in [0, 0.05) is 29.9 Å². The first-order valence-corrected chi connectivity index (χ1v) is 8.71. The van der Waals surface area contributed by atoms with Crippen molar-refractivity contribution in [3.63, 3.8) is 0 Å². The monoisotopic (exact) mass is 346 g/mol. The highest BCUT2D eigenvalue weighted by Gasteiger charge is 2.27. The minimum absolute atomic E-state index is 0.201. The summed E-state index contributed by atoms with van der Waals surface area (Å²) in [7, 11) is 0. The van der Waals surface area contributed by atoms with E-state index in [0.717, 1.165) is 62.0 Å². The van der Waals surface area contributed by atoms with Gasteiger partial charge in [-0.1, -0.05) is 0 Å². The summed E-state index contributed by atoms with van der Waals surface area (Å²) in [5.74, 6) is -2.01. The van der Waals surface area contributed by atoms with Crippen molar-refractivity contribution in [2.24, 2.45) is 0 Å². The molecule has 2 aromatic rings. The van der Waals surface area contributed by atoms with Crippen LogP contribution in [0.1, 0.15) is 41.0 Å². The zero-order valence-electron chi connectivity index (χ0n) is 13.8. The van der Waals surface area contributed by atoms with Gasteiger partial charge in [0.15, 0.2) is 17.3 Å². The number of benzene rings is 1. The van der Waals surface area contributed by atoms with Crippen molar-refractivity contribution in [1.82, 2.24) is 20.4 Å². The van der Waals surface area contributed by atoms with Gasteiger partial charge in [-0.25, -0.2) is 13.5 Å². The molecule has 1 aromatic carbocycles. The van der Waals surface area contributed by atoms with E-state index in [1.807, 2.05) is 0 Å². The molecule has 1 unspecified atom stereocenters. The topological polar surface area (TPSA) is 59.0 Å². The van der Waals surface area contributed by atoms with E-state index in [0.29, 0.717) is 24.0 Å². The molecule has 5 nitrogen and oxygen atoms in total. The van der Waals surface area contributed by atoms with E-state index >= 15 is 0 Å². The number of fused-ring (bicyclic) bond motifs is 1. The Balaban J connectivity index is 1.60. The van der Waals surface area contributed by atoms with Crippen molar-refractivity contribution >= 4 is 5.91 Å². The minimum atomic E-state index is -0.918. The number of hydrogen-bond donors (Lipinski definition) is 2. The van der Waals surface area contributed by atoms with Crippen LogP contribution in [-0.2, 0) is 12.8 Å². The maximum Gasteiger partial charge on any atom is 0.272 e. The molecule has 1 fully saturated rings. The predicted molar refractivity (Wildman–Crippen MR) is 88.9 cm³/mol. The molecule has 2 aliphatic rings. The summed E-state index contributed by atoms with van der Waals surface area (Å²) in [5.41, 5.74) is 2.67. The van der Waals surface area contributed by atoms with E-state index in [1.54, 1.807) is 4.68 Å². The molecular weight excluding hydrogens is 326 g/mol. The molecule has 1 atom stereocenters. The Bertz CT molecular complexity index is 812. The van der Waals surface area contributed by atoms with Crippen molar-refractivity contribution in [2.45, 2.75) is 38.1 Å². The van der Waals surface area contributed by atoms with Crippen LogP contribution in [0.25, 0.3) is 5.69 Å². The van der Waals surface area contributed by atoms with Crippen molar-refractivity contribution in [3.05, 3.63) is 46.8 Å². The summed E-state index contributed by atoms with van der Waals surface area (Å²) in [6.45, 7) is 1.56. The Hall–Kier alpha value is -2.28. The summed E-state index contributed by atoms with van der Waals surface area (Å²) in [6, 6.07) is 3.99. The maximum absolute atomic E-state index is 13.6. The lowest BCUT2D eigenvalue weighted by Crippen LogP contribution is -2.37. The van der Waals surface area contributed by atoms with Crippen molar-refractivity contribution in [3.8, 4) is 5.69 Å². The number of carbonyl (C=O) groups is 1. The SMILES string of the molecule is O=C(NCC1CCCN1)c1nn(-c2ccc(F)c(F)c2)c2c1CCC2. The number of carbonyl (C=O) groups excluding carboxylic acids is 1. The van der Waals surface area contributed by atoms with E-state index < -0.39 is 11.6 Å². The van der Waals surface area contributed by atoms with E-state index in [9.17, 15) is 13.6 Å². The standard InChI is InChI=1S/C18H20F2N4O/c19-14-7-6-12(9-15(14)20)24-16-5-1-4-13(16)17(23-24)18(25)22-10-11-3-2-8-21-11/h6-7,9,11,21H,1-5,8,10H2,(H,22,25). The van der Waals surface area contributed by atoms with E-state index in [4.69, 9.17) is 0 Å². The Morgan fingerprint density at radius 1 is 1.28 bits per heavy atom. The minimum Gasteiger partial charge on any atom is -0.349 e. The molecule has 1 amide bonds. The van der Waals surface area contributed by atoms with Gasteiger partial charge in [0.2, 0.25) is 0 Å². The molecule has 132 valence electrons. The molecule has 0 saturated carbocycles. The van der Waals surface area contributed by atoms with Gasteiger partial charge in [0.25, 0.3) is 5.91 Å². The summed E-state index contributed by atoms with van der Waals surface area (Å²) in [4.78, 5) is 12.6. The van der Waals surface area contributed by atoms with Gasteiger partial charge in [0.1, 0.15) is 0 Å². The number of halogens is 2. The van der Waals surface area contributed by atoms with Crippen LogP contribution in [0, 0.1) is 11.6 Å². The summed E-state index contributed by atoms with van der Waals surface area (Å²) in [5, 5.41) is 10.7. The number of rotatable bonds is 4. The fourth-order valence-electron chi connectivity index (χ4n) is 3.68. The zero-order valence-corrected chi connectivity index (χ0v) is 13.8. The van der Waals surface area contributed by atoms with Crippen LogP contribution in [0.5, 0.6) is 0 Å². The van der Waals surface area contributed by atoms with E-state index in [-0.39, 0.29) is 5.91 Å². The maximum atomic E-state index is 13.6. The molecule has 1 aliphatic carbocycles. The molecular formula is C18H20F2N4O. The molecule has 4 rings (SSSR count). The first kappa shape index (κ1) is 16.2. The molecule has 7 heteroatoms. The Labute approximate surface area is 144 Å². The van der Waals surface area contributed by atoms with Crippen LogP contribution in [-0.4, -0.2) is 34.8 Å². The second kappa shape index (κ2) is 6.55. The van der Waals surface area contributed by atoms with Gasteiger partial charge in [-0.15, -0.1) is 0 Å². The third kappa shape index (κ3) is 3.04. The first-order valence-electron chi connectivity index (χ1n) is 8.71. The normalized spacial score (nSPS) is 19.2. The predicted octanol–water partition coefficient (Wildman–Crippen LogP) is 2.12. The first-order chi connectivity index (χ1) is 12.1. The lowest BCUT2D eigenvalue weighted by atomic mass is 10.2. The number of hydrogen-bond acceptors (Lipinski definition) is 3. The number of aromatic nitrogens is 2. The van der Waals surface area contributed by atoms with Gasteiger partial charge in [-0.3, -0.25) is 4.79 Å². The fraction of sp³-hybridized carbons (Fsp3) is 0.444. The lowest BCUT2D eigenvalue weighted by molar-refractivity contribution is 0.0944. The highest BCUT2D eigenvalue weighted by molar-refractivity contribution is 5.94. The van der Waals surface area contributed by atoms with Gasteiger partial charge in [-0.2, -0.15) is 5.10 Å². The summed E-state index contributed by atoms with van der Waals surface area (Å²) in [6.07, 6.45) is 4.67.